The molecular formula is C16H21N. The maximum absolute atomic E-state index is 9.14. The topological polar surface area (TPSA) is 23.8 Å². The third kappa shape index (κ3) is 3.75. The van der Waals surface area contributed by atoms with Crippen molar-refractivity contribution in [3.8, 4) is 6.07 Å². The van der Waals surface area contributed by atoms with Crippen LogP contribution in [-0.4, -0.2) is 0 Å². The molecular weight excluding hydrogens is 206 g/mol. The second-order valence-corrected chi connectivity index (χ2v) is 5.76. The molecule has 0 fully saturated rings. The number of hydrogen-bond donors (Lipinski definition) is 0. The highest BCUT2D eigenvalue weighted by Gasteiger charge is 2.13. The highest BCUT2D eigenvalue weighted by molar-refractivity contribution is 5.76. The number of allylic oxidation sites excluding steroid dienone is 2. The van der Waals surface area contributed by atoms with Gasteiger partial charge in [0.2, 0.25) is 0 Å². The molecule has 0 aliphatic rings. The van der Waals surface area contributed by atoms with E-state index in [1.54, 1.807) is 0 Å². The highest BCUT2D eigenvalue weighted by atomic mass is 14.3. The Hall–Kier alpha value is -1.55. The van der Waals surface area contributed by atoms with Gasteiger partial charge >= 0.3 is 0 Å². The predicted molar refractivity (Wildman–Crippen MR) is 73.6 cm³/mol. The van der Waals surface area contributed by atoms with Gasteiger partial charge in [-0.2, -0.15) is 5.26 Å². The molecule has 0 bridgehead atoms. The van der Waals surface area contributed by atoms with Gasteiger partial charge in [-0.15, -0.1) is 0 Å². The van der Waals surface area contributed by atoms with Gasteiger partial charge in [0.05, 0.1) is 11.6 Å². The molecule has 17 heavy (non-hydrogen) atoms. The second kappa shape index (κ2) is 5.19. The third-order valence-corrected chi connectivity index (χ3v) is 2.68. The zero-order chi connectivity index (χ0) is 13.1. The van der Waals surface area contributed by atoms with E-state index >= 15 is 0 Å². The number of nitriles is 1. The average Bonchev–Trinajstić information content (AvgIpc) is 2.24. The molecule has 0 aliphatic heterocycles. The number of hydrogen-bond acceptors (Lipinski definition) is 1. The van der Waals surface area contributed by atoms with Gasteiger partial charge < -0.3 is 0 Å². The summed E-state index contributed by atoms with van der Waals surface area (Å²) in [4.78, 5) is 0. The summed E-state index contributed by atoms with van der Waals surface area (Å²) in [5.41, 5.74) is 3.23. The Morgan fingerprint density at radius 1 is 1.18 bits per heavy atom. The van der Waals surface area contributed by atoms with Crippen LogP contribution in [0.4, 0.5) is 0 Å². The van der Waals surface area contributed by atoms with E-state index in [0.717, 1.165) is 11.1 Å². The molecule has 1 rings (SSSR count). The average molecular weight is 227 g/mol. The van der Waals surface area contributed by atoms with Gasteiger partial charge in [-0.3, -0.25) is 0 Å². The van der Waals surface area contributed by atoms with E-state index in [9.17, 15) is 0 Å². The fourth-order valence-electron chi connectivity index (χ4n) is 1.68. The summed E-state index contributed by atoms with van der Waals surface area (Å²) in [6.07, 6.45) is 2.01. The maximum Gasteiger partial charge on any atom is 0.0994 e. The minimum atomic E-state index is 0.160. The largest absolute Gasteiger partial charge is 0.192 e. The molecule has 0 aliphatic carbocycles. The van der Waals surface area contributed by atoms with E-state index in [1.165, 1.54) is 5.56 Å². The van der Waals surface area contributed by atoms with Gasteiger partial charge in [0.25, 0.3) is 0 Å². The molecule has 0 saturated heterocycles. The molecule has 1 heteroatoms. The number of benzene rings is 1. The molecule has 1 aromatic rings. The Balaban J connectivity index is 3.07. The van der Waals surface area contributed by atoms with Crippen LogP contribution in [0.3, 0.4) is 0 Å². The van der Waals surface area contributed by atoms with Crippen LogP contribution in [0, 0.1) is 17.2 Å². The van der Waals surface area contributed by atoms with Gasteiger partial charge in [0.15, 0.2) is 0 Å². The van der Waals surface area contributed by atoms with Crippen molar-refractivity contribution in [3.05, 3.63) is 41.5 Å². The lowest BCUT2D eigenvalue weighted by atomic mass is 9.86. The zero-order valence-electron chi connectivity index (χ0n) is 11.4. The Bertz CT molecular complexity index is 436. The number of nitrogens with zero attached hydrogens (tertiary/aromatic N) is 1. The van der Waals surface area contributed by atoms with E-state index in [0.29, 0.717) is 5.92 Å². The lowest BCUT2D eigenvalue weighted by Gasteiger charge is -2.19. The fourth-order valence-corrected chi connectivity index (χ4v) is 1.68. The molecule has 0 amide bonds. The van der Waals surface area contributed by atoms with Gasteiger partial charge in [-0.25, -0.2) is 0 Å². The first-order valence-electron chi connectivity index (χ1n) is 6.07. The molecule has 0 atom stereocenters. The first-order chi connectivity index (χ1) is 7.84. The van der Waals surface area contributed by atoms with Crippen LogP contribution in [-0.2, 0) is 5.41 Å². The van der Waals surface area contributed by atoms with Gasteiger partial charge in [-0.05, 0) is 22.5 Å². The Morgan fingerprint density at radius 2 is 1.71 bits per heavy atom. The van der Waals surface area contributed by atoms with Crippen molar-refractivity contribution >= 4 is 5.57 Å². The van der Waals surface area contributed by atoms with Crippen LogP contribution >= 0.6 is 0 Å². The lowest BCUT2D eigenvalue weighted by molar-refractivity contribution is 0.590. The molecule has 0 heterocycles. The van der Waals surface area contributed by atoms with E-state index in [-0.39, 0.29) is 5.41 Å². The number of rotatable bonds is 2. The monoisotopic (exact) mass is 227 g/mol. The molecule has 0 N–H and O–H groups in total. The van der Waals surface area contributed by atoms with E-state index in [4.69, 9.17) is 5.26 Å². The van der Waals surface area contributed by atoms with Crippen molar-refractivity contribution in [2.45, 2.75) is 40.0 Å². The quantitative estimate of drug-likeness (QED) is 0.680. The molecule has 0 radical (unpaired) electrons. The molecule has 90 valence electrons. The summed E-state index contributed by atoms with van der Waals surface area (Å²) in [5.74, 6) is 0.395. The van der Waals surface area contributed by atoms with Gasteiger partial charge in [0, 0.05) is 0 Å². The standard InChI is InChI=1S/C16H21N/c1-12(2)10-14(11-17)13-6-8-15(9-7-13)16(3,4)5/h6-10,12H,1-5H3/b14-10+. The Kier molecular flexibility index (Phi) is 4.12. The third-order valence-electron chi connectivity index (χ3n) is 2.68. The van der Waals surface area contributed by atoms with Gasteiger partial charge in [-0.1, -0.05) is 65.0 Å². The summed E-state index contributed by atoms with van der Waals surface area (Å²) in [6, 6.07) is 10.6. The summed E-state index contributed by atoms with van der Waals surface area (Å²) >= 11 is 0. The first kappa shape index (κ1) is 13.5. The molecule has 0 saturated carbocycles. The molecule has 1 nitrogen and oxygen atoms in total. The predicted octanol–water partition coefficient (Wildman–Crippen LogP) is 4.55. The van der Waals surface area contributed by atoms with Crippen LogP contribution in [0.5, 0.6) is 0 Å². The molecule has 0 unspecified atom stereocenters. The molecule has 1 aromatic carbocycles. The van der Waals surface area contributed by atoms with Crippen molar-refractivity contribution in [1.29, 1.82) is 5.26 Å². The van der Waals surface area contributed by atoms with Crippen molar-refractivity contribution in [1.82, 2.24) is 0 Å². The summed E-state index contributed by atoms with van der Waals surface area (Å²) in [5, 5.41) is 9.14. The second-order valence-electron chi connectivity index (χ2n) is 5.76. The zero-order valence-corrected chi connectivity index (χ0v) is 11.4. The van der Waals surface area contributed by atoms with Crippen molar-refractivity contribution in [2.75, 3.05) is 0 Å². The Morgan fingerprint density at radius 3 is 2.06 bits per heavy atom. The van der Waals surface area contributed by atoms with E-state index in [1.807, 2.05) is 18.2 Å². The summed E-state index contributed by atoms with van der Waals surface area (Å²) in [7, 11) is 0. The molecule has 0 aromatic heterocycles. The lowest BCUT2D eigenvalue weighted by Crippen LogP contribution is -2.10. The van der Waals surface area contributed by atoms with Crippen molar-refractivity contribution in [2.24, 2.45) is 5.92 Å². The van der Waals surface area contributed by atoms with E-state index in [2.05, 4.69) is 52.8 Å². The minimum absolute atomic E-state index is 0.160. The van der Waals surface area contributed by atoms with E-state index < -0.39 is 0 Å². The van der Waals surface area contributed by atoms with Crippen LogP contribution in [0.15, 0.2) is 30.3 Å². The normalized spacial score (nSPS) is 12.6. The minimum Gasteiger partial charge on any atom is -0.192 e. The summed E-state index contributed by atoms with van der Waals surface area (Å²) < 4.78 is 0. The highest BCUT2D eigenvalue weighted by Crippen LogP contribution is 2.24. The first-order valence-corrected chi connectivity index (χ1v) is 6.07. The van der Waals surface area contributed by atoms with Crippen LogP contribution in [0.1, 0.15) is 45.7 Å². The van der Waals surface area contributed by atoms with Crippen molar-refractivity contribution < 1.29 is 0 Å². The van der Waals surface area contributed by atoms with Gasteiger partial charge in [0.1, 0.15) is 0 Å². The smallest absolute Gasteiger partial charge is 0.0994 e. The van der Waals surface area contributed by atoms with Crippen LogP contribution < -0.4 is 0 Å². The maximum atomic E-state index is 9.14. The molecule has 0 spiro atoms. The fraction of sp³-hybridized carbons (Fsp3) is 0.438. The van der Waals surface area contributed by atoms with Crippen molar-refractivity contribution in [3.63, 3.8) is 0 Å². The summed E-state index contributed by atoms with van der Waals surface area (Å²) in [6.45, 7) is 10.7. The van der Waals surface area contributed by atoms with Crippen LogP contribution in [0.2, 0.25) is 0 Å². The SMILES string of the molecule is CC(C)/C=C(\C#N)c1ccc(C(C)(C)C)cc1. The Labute approximate surface area is 105 Å². The van der Waals surface area contributed by atoms with Crippen LogP contribution in [0.25, 0.3) is 5.57 Å².